The summed E-state index contributed by atoms with van der Waals surface area (Å²) < 4.78 is 25.3. The number of rotatable bonds is 5. The minimum Gasteiger partial charge on any atom is -0.284 e. The number of carbonyl (C=O) groups excluding carboxylic acids is 1. The summed E-state index contributed by atoms with van der Waals surface area (Å²) in [7, 11) is -3.33. The number of hydrogen-bond donors (Lipinski definition) is 1. The third kappa shape index (κ3) is 4.29. The summed E-state index contributed by atoms with van der Waals surface area (Å²) in [6, 6.07) is 16.4. The number of nitrogens with zero attached hydrogens (tertiary/aromatic N) is 2. The summed E-state index contributed by atoms with van der Waals surface area (Å²) in [5.41, 5.74) is 4.73. The summed E-state index contributed by atoms with van der Waals surface area (Å²) in [5, 5.41) is 10.3. The van der Waals surface area contributed by atoms with Gasteiger partial charge < -0.3 is 0 Å². The predicted molar refractivity (Wildman–Crippen MR) is 120 cm³/mol. The SMILES string of the molecule is Cc1ccccc1C(=O)N1N=C(c2ccc(NS(C)(=O)=O)cc2)C[C@H]1c1ccsc1. The number of anilines is 1. The van der Waals surface area contributed by atoms with Gasteiger partial charge in [0.1, 0.15) is 0 Å². The van der Waals surface area contributed by atoms with Gasteiger partial charge in [0.2, 0.25) is 10.0 Å². The standard InChI is InChI=1S/C22H21N3O3S2/c1-15-5-3-4-6-19(15)22(26)25-21(17-11-12-29-14-17)13-20(23-25)16-7-9-18(10-8-16)24-30(2,27)28/h3-12,14,21,24H,13H2,1-2H3/t21-/m0/s1. The van der Waals surface area contributed by atoms with Crippen molar-refractivity contribution in [1.29, 1.82) is 0 Å². The second-order valence-corrected chi connectivity index (χ2v) is 9.77. The van der Waals surface area contributed by atoms with Gasteiger partial charge in [-0.1, -0.05) is 30.3 Å². The molecule has 0 saturated heterocycles. The van der Waals surface area contributed by atoms with E-state index in [0.717, 1.165) is 28.7 Å². The van der Waals surface area contributed by atoms with E-state index >= 15 is 0 Å². The molecule has 0 fully saturated rings. The molecule has 8 heteroatoms. The Labute approximate surface area is 179 Å². The average Bonchev–Trinajstić information content (AvgIpc) is 3.37. The molecular weight excluding hydrogens is 418 g/mol. The lowest BCUT2D eigenvalue weighted by Gasteiger charge is -2.21. The van der Waals surface area contributed by atoms with Crippen LogP contribution in [-0.2, 0) is 10.0 Å². The van der Waals surface area contributed by atoms with Crippen molar-refractivity contribution < 1.29 is 13.2 Å². The maximum atomic E-state index is 13.3. The van der Waals surface area contributed by atoms with Crippen molar-refractivity contribution in [3.8, 4) is 0 Å². The molecule has 1 aromatic heterocycles. The molecule has 0 aliphatic carbocycles. The highest BCUT2D eigenvalue weighted by Crippen LogP contribution is 2.35. The topological polar surface area (TPSA) is 78.8 Å². The monoisotopic (exact) mass is 439 g/mol. The van der Waals surface area contributed by atoms with Crippen LogP contribution in [0.25, 0.3) is 0 Å². The fraction of sp³-hybridized carbons (Fsp3) is 0.182. The van der Waals surface area contributed by atoms with Gasteiger partial charge in [0.15, 0.2) is 0 Å². The molecule has 1 aliphatic rings. The summed E-state index contributed by atoms with van der Waals surface area (Å²) in [4.78, 5) is 13.3. The molecule has 0 unspecified atom stereocenters. The molecule has 1 amide bonds. The van der Waals surface area contributed by atoms with Crippen molar-refractivity contribution in [2.45, 2.75) is 19.4 Å². The highest BCUT2D eigenvalue weighted by molar-refractivity contribution is 7.92. The van der Waals surface area contributed by atoms with Crippen LogP contribution >= 0.6 is 11.3 Å². The number of sulfonamides is 1. The number of aryl methyl sites for hydroxylation is 1. The Balaban J connectivity index is 1.67. The Bertz CT molecular complexity index is 1200. The van der Waals surface area contributed by atoms with E-state index in [0.29, 0.717) is 17.7 Å². The van der Waals surface area contributed by atoms with Crippen molar-refractivity contribution >= 4 is 38.7 Å². The number of nitrogens with one attached hydrogen (secondary N) is 1. The highest BCUT2D eigenvalue weighted by Gasteiger charge is 2.34. The van der Waals surface area contributed by atoms with Crippen LogP contribution in [0.3, 0.4) is 0 Å². The molecule has 0 radical (unpaired) electrons. The molecule has 1 N–H and O–H groups in total. The van der Waals surface area contributed by atoms with Gasteiger partial charge in [-0.25, -0.2) is 13.4 Å². The zero-order valence-corrected chi connectivity index (χ0v) is 18.2. The molecule has 1 atom stereocenters. The van der Waals surface area contributed by atoms with Gasteiger partial charge in [-0.3, -0.25) is 9.52 Å². The highest BCUT2D eigenvalue weighted by atomic mass is 32.2. The van der Waals surface area contributed by atoms with Crippen LogP contribution in [0.4, 0.5) is 5.69 Å². The first-order valence-corrected chi connectivity index (χ1v) is 12.2. The second-order valence-electron chi connectivity index (χ2n) is 7.24. The van der Waals surface area contributed by atoms with Crippen LogP contribution in [0.2, 0.25) is 0 Å². The maximum absolute atomic E-state index is 13.3. The Hall–Kier alpha value is -2.97. The van der Waals surface area contributed by atoms with Crippen molar-refractivity contribution in [3.05, 3.63) is 87.6 Å². The molecule has 6 nitrogen and oxygen atoms in total. The largest absolute Gasteiger partial charge is 0.284 e. The van der Waals surface area contributed by atoms with Crippen molar-refractivity contribution in [2.24, 2.45) is 5.10 Å². The second kappa shape index (κ2) is 8.04. The Morgan fingerprint density at radius 3 is 2.50 bits per heavy atom. The van der Waals surface area contributed by atoms with Crippen molar-refractivity contribution in [1.82, 2.24) is 5.01 Å². The van der Waals surface area contributed by atoms with E-state index in [1.54, 1.807) is 28.5 Å². The zero-order valence-electron chi connectivity index (χ0n) is 16.6. The van der Waals surface area contributed by atoms with Crippen LogP contribution in [0, 0.1) is 6.92 Å². The van der Waals surface area contributed by atoms with E-state index in [-0.39, 0.29) is 11.9 Å². The van der Waals surface area contributed by atoms with E-state index < -0.39 is 10.0 Å². The summed E-state index contributed by atoms with van der Waals surface area (Å²) in [6.07, 6.45) is 1.70. The van der Waals surface area contributed by atoms with E-state index in [1.807, 2.05) is 60.1 Å². The van der Waals surface area contributed by atoms with Crippen LogP contribution in [0.5, 0.6) is 0 Å². The summed E-state index contributed by atoms with van der Waals surface area (Å²) in [5.74, 6) is -0.130. The molecule has 3 aromatic rings. The van der Waals surface area contributed by atoms with Crippen molar-refractivity contribution in [2.75, 3.05) is 11.0 Å². The van der Waals surface area contributed by atoms with Gasteiger partial charge in [0.05, 0.1) is 18.0 Å². The fourth-order valence-electron chi connectivity index (χ4n) is 3.48. The lowest BCUT2D eigenvalue weighted by Crippen LogP contribution is -2.27. The van der Waals surface area contributed by atoms with Gasteiger partial charge in [-0.2, -0.15) is 16.4 Å². The number of amides is 1. The van der Waals surface area contributed by atoms with Crippen LogP contribution in [0.1, 0.15) is 39.5 Å². The van der Waals surface area contributed by atoms with E-state index in [1.165, 1.54) is 0 Å². The summed E-state index contributed by atoms with van der Waals surface area (Å²) >= 11 is 1.59. The van der Waals surface area contributed by atoms with Crippen LogP contribution in [-0.4, -0.2) is 31.3 Å². The quantitative estimate of drug-likeness (QED) is 0.639. The Morgan fingerprint density at radius 2 is 1.87 bits per heavy atom. The molecular formula is C22H21N3O3S2. The summed E-state index contributed by atoms with van der Waals surface area (Å²) in [6.45, 7) is 1.92. The van der Waals surface area contributed by atoms with Gasteiger partial charge in [0, 0.05) is 17.7 Å². The van der Waals surface area contributed by atoms with Gasteiger partial charge in [-0.05, 0) is 58.6 Å². The first-order valence-electron chi connectivity index (χ1n) is 9.39. The minimum absolute atomic E-state index is 0.130. The molecule has 2 heterocycles. The zero-order chi connectivity index (χ0) is 21.3. The van der Waals surface area contributed by atoms with Crippen LogP contribution < -0.4 is 4.72 Å². The number of thiophene rings is 1. The van der Waals surface area contributed by atoms with E-state index in [9.17, 15) is 13.2 Å². The maximum Gasteiger partial charge on any atom is 0.274 e. The van der Waals surface area contributed by atoms with E-state index in [2.05, 4.69) is 9.82 Å². The first-order chi connectivity index (χ1) is 14.3. The Kier molecular flexibility index (Phi) is 5.44. The molecule has 30 heavy (non-hydrogen) atoms. The van der Waals surface area contributed by atoms with Gasteiger partial charge in [-0.15, -0.1) is 0 Å². The number of hydrogen-bond acceptors (Lipinski definition) is 5. The first kappa shape index (κ1) is 20.3. The molecule has 0 spiro atoms. The predicted octanol–water partition coefficient (Wildman–Crippen LogP) is 4.42. The molecule has 0 saturated carbocycles. The third-order valence-corrected chi connectivity index (χ3v) is 6.25. The lowest BCUT2D eigenvalue weighted by atomic mass is 9.99. The van der Waals surface area contributed by atoms with Crippen LogP contribution in [0.15, 0.2) is 70.5 Å². The number of carbonyl (C=O) groups is 1. The number of benzene rings is 2. The Morgan fingerprint density at radius 1 is 1.13 bits per heavy atom. The van der Waals surface area contributed by atoms with Gasteiger partial charge in [0.25, 0.3) is 5.91 Å². The van der Waals surface area contributed by atoms with Crippen molar-refractivity contribution in [3.63, 3.8) is 0 Å². The third-order valence-electron chi connectivity index (χ3n) is 4.94. The van der Waals surface area contributed by atoms with E-state index in [4.69, 9.17) is 0 Å². The molecule has 1 aliphatic heterocycles. The molecule has 4 rings (SSSR count). The molecule has 2 aromatic carbocycles. The molecule has 154 valence electrons. The minimum atomic E-state index is -3.33. The normalized spacial score (nSPS) is 16.4. The number of hydrazone groups is 1. The fourth-order valence-corrected chi connectivity index (χ4v) is 4.75. The lowest BCUT2D eigenvalue weighted by molar-refractivity contribution is 0.0710. The average molecular weight is 440 g/mol. The smallest absolute Gasteiger partial charge is 0.274 e. The molecule has 0 bridgehead atoms. The van der Waals surface area contributed by atoms with Gasteiger partial charge >= 0.3 is 0 Å².